The molecule has 0 aromatic rings. The predicted molar refractivity (Wildman–Crippen MR) is 29.4 cm³/mol. The normalized spacial score (nSPS) is 7.70. The Morgan fingerprint density at radius 3 is 3.00 bits per heavy atom. The van der Waals surface area contributed by atoms with Gasteiger partial charge in [-0.3, -0.25) is 4.89 Å². The quantitative estimate of drug-likeness (QED) is 0.118. The predicted octanol–water partition coefficient (Wildman–Crippen LogP) is 0.303. The first-order valence-corrected chi connectivity index (χ1v) is 2.45. The van der Waals surface area contributed by atoms with Crippen molar-refractivity contribution in [2.24, 2.45) is 0 Å². The van der Waals surface area contributed by atoms with E-state index in [9.17, 15) is 4.79 Å². The molecule has 0 bridgehead atoms. The Morgan fingerprint density at radius 1 is 1.80 bits per heavy atom. The molecule has 0 unspecified atom stereocenters. The number of rotatable bonds is 3. The first kappa shape index (κ1) is 8.61. The van der Waals surface area contributed by atoms with E-state index in [-0.39, 0.29) is 13.0 Å². The Morgan fingerprint density at radius 2 is 2.50 bits per heavy atom. The van der Waals surface area contributed by atoms with Crippen molar-refractivity contribution in [3.8, 4) is 0 Å². The highest BCUT2D eigenvalue weighted by atomic mass is 17.1. The third kappa shape index (κ3) is 4.76. The van der Waals surface area contributed by atoms with Gasteiger partial charge in [-0.2, -0.15) is 10.0 Å². The van der Waals surface area contributed by atoms with Crippen molar-refractivity contribution in [3.05, 3.63) is 5.53 Å². The van der Waals surface area contributed by atoms with Gasteiger partial charge in [0.2, 0.25) is 0 Å². The van der Waals surface area contributed by atoms with E-state index in [0.29, 0.717) is 0 Å². The van der Waals surface area contributed by atoms with Gasteiger partial charge in [-0.05, 0) is 0 Å². The van der Waals surface area contributed by atoms with Crippen molar-refractivity contribution < 1.29 is 24.5 Å². The maximum Gasteiger partial charge on any atom is 0.540 e. The van der Waals surface area contributed by atoms with Gasteiger partial charge in [-0.1, -0.05) is 0 Å². The fourth-order valence-corrected chi connectivity index (χ4v) is 0.279. The molecule has 0 amide bonds. The number of carbonyl (C=O) groups excluding carboxylic acids is 1. The van der Waals surface area contributed by atoms with Gasteiger partial charge in [-0.15, -0.1) is 0 Å². The molecule has 0 saturated heterocycles. The van der Waals surface area contributed by atoms with Crippen LogP contribution in [0.25, 0.3) is 5.53 Å². The summed E-state index contributed by atoms with van der Waals surface area (Å²) in [6.45, 7) is 0.00343. The van der Waals surface area contributed by atoms with Crippen LogP contribution in [0.15, 0.2) is 0 Å². The average molecular weight is 146 g/mol. The first-order chi connectivity index (χ1) is 4.81. The topological polar surface area (TPSA) is 92.2 Å². The summed E-state index contributed by atoms with van der Waals surface area (Å²) >= 11 is 0. The number of ether oxygens (including phenoxy) is 1. The van der Waals surface area contributed by atoms with E-state index in [0.717, 1.165) is 6.21 Å². The van der Waals surface area contributed by atoms with Crippen LogP contribution in [-0.2, 0) is 9.62 Å². The van der Waals surface area contributed by atoms with Gasteiger partial charge < -0.3 is 10.3 Å². The van der Waals surface area contributed by atoms with Crippen LogP contribution in [0.5, 0.6) is 0 Å². The van der Waals surface area contributed by atoms with Crippen molar-refractivity contribution >= 4 is 12.4 Å². The number of nitrogens with zero attached hydrogens (tertiary/aromatic N) is 2. The lowest BCUT2D eigenvalue weighted by Crippen LogP contribution is -2.05. The van der Waals surface area contributed by atoms with E-state index in [2.05, 4.69) is 14.4 Å². The minimum Gasteiger partial charge on any atom is -0.432 e. The minimum absolute atomic E-state index is 0.00343. The molecule has 0 aliphatic rings. The summed E-state index contributed by atoms with van der Waals surface area (Å²) in [6, 6.07) is 0. The third-order valence-electron chi connectivity index (χ3n) is 0.623. The van der Waals surface area contributed by atoms with E-state index < -0.39 is 6.16 Å². The highest BCUT2D eigenvalue weighted by Crippen LogP contribution is 1.82. The average Bonchev–Trinajstić information content (AvgIpc) is 1.98. The monoisotopic (exact) mass is 146 g/mol. The van der Waals surface area contributed by atoms with Gasteiger partial charge in [0.25, 0.3) is 6.21 Å². The summed E-state index contributed by atoms with van der Waals surface area (Å²) < 4.78 is 4.18. The molecule has 0 radical (unpaired) electrons. The lowest BCUT2D eigenvalue weighted by Gasteiger charge is -1.94. The molecule has 0 atom stereocenters. The lowest BCUT2D eigenvalue weighted by atomic mass is 10.5. The molecule has 0 fully saturated rings. The summed E-state index contributed by atoms with van der Waals surface area (Å²) in [5.41, 5.74) is 7.84. The zero-order valence-corrected chi connectivity index (χ0v) is 5.06. The van der Waals surface area contributed by atoms with Crippen LogP contribution in [0.3, 0.4) is 0 Å². The van der Waals surface area contributed by atoms with E-state index in [1.165, 1.54) is 0 Å². The third-order valence-corrected chi connectivity index (χ3v) is 0.623. The molecule has 0 saturated carbocycles. The van der Waals surface area contributed by atoms with Crippen LogP contribution in [0.4, 0.5) is 4.79 Å². The maximum absolute atomic E-state index is 9.97. The van der Waals surface area contributed by atoms with E-state index in [1.54, 1.807) is 0 Å². The summed E-state index contributed by atoms with van der Waals surface area (Å²) in [7, 11) is 0. The van der Waals surface area contributed by atoms with Crippen molar-refractivity contribution in [1.82, 2.24) is 0 Å². The molecule has 0 spiro atoms. The molecule has 0 aliphatic carbocycles. The first-order valence-electron chi connectivity index (χ1n) is 2.45. The Balaban J connectivity index is 3.19. The van der Waals surface area contributed by atoms with Crippen LogP contribution in [0, 0.1) is 0 Å². The van der Waals surface area contributed by atoms with E-state index in [4.69, 9.17) is 10.8 Å². The van der Waals surface area contributed by atoms with Gasteiger partial charge >= 0.3 is 6.16 Å². The summed E-state index contributed by atoms with van der Waals surface area (Å²) in [5, 5.41) is 7.63. The molecule has 0 aromatic carbocycles. The van der Waals surface area contributed by atoms with Crippen LogP contribution < -0.4 is 0 Å². The summed E-state index contributed by atoms with van der Waals surface area (Å²) in [5.74, 6) is 0. The summed E-state index contributed by atoms with van der Waals surface area (Å²) in [6.07, 6.45) is 0.238. The molecule has 6 heteroatoms. The Hall–Kier alpha value is -1.39. The fraction of sp³-hybridized carbons (Fsp3) is 0.500. The van der Waals surface area contributed by atoms with E-state index >= 15 is 0 Å². The van der Waals surface area contributed by atoms with Gasteiger partial charge in [0, 0.05) is 0 Å². The maximum atomic E-state index is 9.97. The molecule has 0 aliphatic heterocycles. The fourth-order valence-electron chi connectivity index (χ4n) is 0.279. The SMILES string of the molecule is [N-]=[N+]=CCCOC(=O)OO. The highest BCUT2D eigenvalue weighted by molar-refractivity contribution is 5.59. The molecule has 56 valence electrons. The Bertz CT molecular complexity index is 151. The second kappa shape index (κ2) is 5.74. The number of carbonyl (C=O) groups is 1. The van der Waals surface area contributed by atoms with Crippen molar-refractivity contribution in [2.75, 3.05) is 6.61 Å². The molecular formula is C4H6N2O4. The van der Waals surface area contributed by atoms with Gasteiger partial charge in [0.15, 0.2) is 0 Å². The second-order valence-corrected chi connectivity index (χ2v) is 1.28. The second-order valence-electron chi connectivity index (χ2n) is 1.28. The number of hydrogen-bond donors (Lipinski definition) is 1. The zero-order chi connectivity index (χ0) is 7.82. The standard InChI is InChI=1S/C4H6N2O4/c5-6-2-1-3-9-4(7)10-8/h2,8H,1,3H2. The van der Waals surface area contributed by atoms with Crippen LogP contribution in [-0.4, -0.2) is 29.0 Å². The lowest BCUT2D eigenvalue weighted by molar-refractivity contribution is -0.200. The van der Waals surface area contributed by atoms with Crippen LogP contribution >= 0.6 is 0 Å². The number of hydrogen-bond acceptors (Lipinski definition) is 4. The van der Waals surface area contributed by atoms with Gasteiger partial charge in [0.1, 0.15) is 6.61 Å². The molecule has 0 heterocycles. The van der Waals surface area contributed by atoms with Crippen molar-refractivity contribution in [3.63, 3.8) is 0 Å². The smallest absolute Gasteiger partial charge is 0.432 e. The largest absolute Gasteiger partial charge is 0.540 e. The van der Waals surface area contributed by atoms with Gasteiger partial charge in [0.05, 0.1) is 6.42 Å². The molecular weight excluding hydrogens is 140 g/mol. The van der Waals surface area contributed by atoms with Crippen molar-refractivity contribution in [1.29, 1.82) is 0 Å². The highest BCUT2D eigenvalue weighted by Gasteiger charge is 2.00. The van der Waals surface area contributed by atoms with E-state index in [1.807, 2.05) is 0 Å². The molecule has 0 rings (SSSR count). The Kier molecular flexibility index (Phi) is 4.94. The van der Waals surface area contributed by atoms with Gasteiger partial charge in [-0.25, -0.2) is 4.79 Å². The minimum atomic E-state index is -1.17. The zero-order valence-electron chi connectivity index (χ0n) is 5.06. The summed E-state index contributed by atoms with van der Waals surface area (Å²) in [4.78, 5) is 15.8. The van der Waals surface area contributed by atoms with Crippen LogP contribution in [0.2, 0.25) is 0 Å². The molecule has 0 aromatic heterocycles. The molecule has 6 nitrogen and oxygen atoms in total. The molecule has 10 heavy (non-hydrogen) atoms. The Labute approximate surface area is 56.5 Å². The van der Waals surface area contributed by atoms with Crippen molar-refractivity contribution in [2.45, 2.75) is 6.42 Å². The molecule has 1 N–H and O–H groups in total. The van der Waals surface area contributed by atoms with Crippen LogP contribution in [0.1, 0.15) is 6.42 Å².